The van der Waals surface area contributed by atoms with E-state index >= 15 is 0 Å². The van der Waals surface area contributed by atoms with Crippen molar-refractivity contribution in [2.24, 2.45) is 0 Å². The molecule has 0 aliphatic carbocycles. The van der Waals surface area contributed by atoms with Gasteiger partial charge in [0.05, 0.1) is 12.1 Å². The maximum Gasteiger partial charge on any atom is 0.142 e. The van der Waals surface area contributed by atoms with Gasteiger partial charge in [0, 0.05) is 11.6 Å². The van der Waals surface area contributed by atoms with Crippen LogP contribution in [0.4, 0.5) is 8.78 Å². The molecule has 0 bridgehead atoms. The molecule has 112 valence electrons. The molecule has 2 aromatic carbocycles. The summed E-state index contributed by atoms with van der Waals surface area (Å²) in [5.74, 6) is -0.378. The van der Waals surface area contributed by atoms with Gasteiger partial charge in [-0.3, -0.25) is 0 Å². The number of halogens is 3. The van der Waals surface area contributed by atoms with Gasteiger partial charge >= 0.3 is 0 Å². The van der Waals surface area contributed by atoms with Gasteiger partial charge in [-0.15, -0.1) is 0 Å². The Bertz CT molecular complexity index is 634. The molecule has 0 spiro atoms. The van der Waals surface area contributed by atoms with Gasteiger partial charge in [-0.1, -0.05) is 23.7 Å². The molecule has 0 saturated carbocycles. The summed E-state index contributed by atoms with van der Waals surface area (Å²) in [5.41, 5.74) is 1.15. The van der Waals surface area contributed by atoms with E-state index in [0.717, 1.165) is 5.56 Å². The molecule has 5 heteroatoms. The van der Waals surface area contributed by atoms with Crippen molar-refractivity contribution in [3.05, 3.63) is 64.2 Å². The summed E-state index contributed by atoms with van der Waals surface area (Å²) in [6, 6.07) is 8.92. The number of ether oxygens (including phenoxy) is 1. The van der Waals surface area contributed by atoms with Crippen LogP contribution in [0.3, 0.4) is 0 Å². The standard InChI is InChI=1S/C16H16ClF2NO/c1-20-14(9-10-6-7-11(17)13(19)8-10)16-12(18)4-3-5-15(16)21-2/h3-8,14,20H,9H2,1-2H3. The Morgan fingerprint density at radius 3 is 2.57 bits per heavy atom. The molecule has 2 aromatic rings. The van der Waals surface area contributed by atoms with E-state index in [1.165, 1.54) is 25.3 Å². The summed E-state index contributed by atoms with van der Waals surface area (Å²) >= 11 is 5.67. The molecule has 2 rings (SSSR count). The number of methoxy groups -OCH3 is 1. The van der Waals surface area contributed by atoms with Crippen LogP contribution in [0, 0.1) is 11.6 Å². The van der Waals surface area contributed by atoms with Crippen LogP contribution in [0.15, 0.2) is 36.4 Å². The third kappa shape index (κ3) is 3.52. The van der Waals surface area contributed by atoms with E-state index in [4.69, 9.17) is 16.3 Å². The summed E-state index contributed by atoms with van der Waals surface area (Å²) in [5, 5.41) is 3.11. The van der Waals surface area contributed by atoms with Gasteiger partial charge < -0.3 is 10.1 Å². The van der Waals surface area contributed by atoms with Crippen LogP contribution in [-0.2, 0) is 6.42 Å². The van der Waals surface area contributed by atoms with Crippen LogP contribution in [0.2, 0.25) is 5.02 Å². The van der Waals surface area contributed by atoms with E-state index < -0.39 is 5.82 Å². The number of hydrogen-bond acceptors (Lipinski definition) is 2. The first-order chi connectivity index (χ1) is 10.1. The molecule has 2 nitrogen and oxygen atoms in total. The minimum atomic E-state index is -0.482. The predicted molar refractivity (Wildman–Crippen MR) is 79.9 cm³/mol. The zero-order chi connectivity index (χ0) is 15.4. The normalized spacial score (nSPS) is 12.2. The summed E-state index contributed by atoms with van der Waals surface area (Å²) in [7, 11) is 3.22. The average Bonchev–Trinajstić information content (AvgIpc) is 2.48. The minimum Gasteiger partial charge on any atom is -0.496 e. The Hall–Kier alpha value is -1.65. The quantitative estimate of drug-likeness (QED) is 0.896. The molecule has 0 fully saturated rings. The monoisotopic (exact) mass is 311 g/mol. The van der Waals surface area contributed by atoms with Crippen molar-refractivity contribution in [3.63, 3.8) is 0 Å². The number of nitrogens with one attached hydrogen (secondary N) is 1. The van der Waals surface area contributed by atoms with E-state index in [1.54, 1.807) is 25.2 Å². The van der Waals surface area contributed by atoms with Crippen molar-refractivity contribution >= 4 is 11.6 Å². The van der Waals surface area contributed by atoms with Crippen molar-refractivity contribution in [1.82, 2.24) is 5.32 Å². The highest BCUT2D eigenvalue weighted by atomic mass is 35.5. The Morgan fingerprint density at radius 1 is 1.19 bits per heavy atom. The molecule has 0 amide bonds. The van der Waals surface area contributed by atoms with Crippen LogP contribution in [0.1, 0.15) is 17.2 Å². The molecule has 0 aliphatic heterocycles. The van der Waals surface area contributed by atoms with Crippen molar-refractivity contribution in [3.8, 4) is 5.75 Å². The first kappa shape index (κ1) is 15.7. The van der Waals surface area contributed by atoms with Crippen molar-refractivity contribution < 1.29 is 13.5 Å². The second-order valence-electron chi connectivity index (χ2n) is 4.65. The van der Waals surface area contributed by atoms with Gasteiger partial charge in [-0.05, 0) is 43.3 Å². The smallest absolute Gasteiger partial charge is 0.142 e. The number of likely N-dealkylation sites (N-methyl/N-ethyl adjacent to an activating group) is 1. The van der Waals surface area contributed by atoms with Crippen LogP contribution < -0.4 is 10.1 Å². The SMILES string of the molecule is CNC(Cc1ccc(Cl)c(F)c1)c1c(F)cccc1OC. The van der Waals surface area contributed by atoms with Gasteiger partial charge in [0.25, 0.3) is 0 Å². The zero-order valence-corrected chi connectivity index (χ0v) is 12.5. The molecule has 0 saturated heterocycles. The van der Waals surface area contributed by atoms with Gasteiger partial charge in [-0.2, -0.15) is 0 Å². The Kier molecular flexibility index (Phi) is 5.15. The van der Waals surface area contributed by atoms with Crippen LogP contribution >= 0.6 is 11.6 Å². The highest BCUT2D eigenvalue weighted by Gasteiger charge is 2.19. The maximum atomic E-state index is 14.1. The Balaban J connectivity index is 2.34. The van der Waals surface area contributed by atoms with E-state index in [1.807, 2.05) is 0 Å². The van der Waals surface area contributed by atoms with E-state index in [0.29, 0.717) is 17.7 Å². The molecule has 21 heavy (non-hydrogen) atoms. The number of benzene rings is 2. The van der Waals surface area contributed by atoms with Crippen molar-refractivity contribution in [1.29, 1.82) is 0 Å². The minimum absolute atomic E-state index is 0.0724. The molecular weight excluding hydrogens is 296 g/mol. The topological polar surface area (TPSA) is 21.3 Å². The van der Waals surface area contributed by atoms with Gasteiger partial charge in [0.1, 0.15) is 17.4 Å². The first-order valence-corrected chi connectivity index (χ1v) is 6.88. The molecule has 1 unspecified atom stereocenters. The fourth-order valence-corrected chi connectivity index (χ4v) is 2.40. The molecule has 1 N–H and O–H groups in total. The van der Waals surface area contributed by atoms with Crippen molar-refractivity contribution in [2.75, 3.05) is 14.2 Å². The molecule has 0 heterocycles. The fraction of sp³-hybridized carbons (Fsp3) is 0.250. The summed E-state index contributed by atoms with van der Waals surface area (Å²) in [4.78, 5) is 0. The van der Waals surface area contributed by atoms with Gasteiger partial charge in [0.15, 0.2) is 0 Å². The second kappa shape index (κ2) is 6.87. The molecule has 0 aliphatic rings. The van der Waals surface area contributed by atoms with E-state index in [9.17, 15) is 8.78 Å². The van der Waals surface area contributed by atoms with Gasteiger partial charge in [0.2, 0.25) is 0 Å². The molecule has 1 atom stereocenters. The number of hydrogen-bond donors (Lipinski definition) is 1. The predicted octanol–water partition coefficient (Wildman–Crippen LogP) is 4.13. The van der Waals surface area contributed by atoms with Crippen LogP contribution in [0.25, 0.3) is 0 Å². The Morgan fingerprint density at radius 2 is 1.95 bits per heavy atom. The fourth-order valence-electron chi connectivity index (χ4n) is 2.28. The zero-order valence-electron chi connectivity index (χ0n) is 11.8. The second-order valence-corrected chi connectivity index (χ2v) is 5.06. The lowest BCUT2D eigenvalue weighted by Crippen LogP contribution is -2.21. The lowest BCUT2D eigenvalue weighted by atomic mass is 9.97. The summed E-state index contributed by atoms with van der Waals surface area (Å²) in [6.45, 7) is 0. The third-order valence-electron chi connectivity index (χ3n) is 3.35. The molecular formula is C16H16ClF2NO. The molecule has 0 aromatic heterocycles. The van der Waals surface area contributed by atoms with E-state index in [2.05, 4.69) is 5.32 Å². The average molecular weight is 312 g/mol. The Labute approximate surface area is 127 Å². The van der Waals surface area contributed by atoms with Crippen LogP contribution in [-0.4, -0.2) is 14.2 Å². The highest BCUT2D eigenvalue weighted by molar-refractivity contribution is 6.30. The summed E-state index contributed by atoms with van der Waals surface area (Å²) in [6.07, 6.45) is 0.419. The lowest BCUT2D eigenvalue weighted by molar-refractivity contribution is 0.393. The maximum absolute atomic E-state index is 14.1. The summed E-state index contributed by atoms with van der Waals surface area (Å²) < 4.78 is 32.8. The first-order valence-electron chi connectivity index (χ1n) is 6.50. The largest absolute Gasteiger partial charge is 0.496 e. The highest BCUT2D eigenvalue weighted by Crippen LogP contribution is 2.30. The third-order valence-corrected chi connectivity index (χ3v) is 3.66. The lowest BCUT2D eigenvalue weighted by Gasteiger charge is -2.20. The van der Waals surface area contributed by atoms with E-state index in [-0.39, 0.29) is 16.9 Å². The molecule has 0 radical (unpaired) electrons. The van der Waals surface area contributed by atoms with Crippen molar-refractivity contribution in [2.45, 2.75) is 12.5 Å². The number of rotatable bonds is 5. The van der Waals surface area contributed by atoms with Crippen LogP contribution in [0.5, 0.6) is 5.75 Å². The van der Waals surface area contributed by atoms with Gasteiger partial charge in [-0.25, -0.2) is 8.78 Å².